The Morgan fingerprint density at radius 2 is 2.00 bits per heavy atom. The highest BCUT2D eigenvalue weighted by Crippen LogP contribution is 2.20. The van der Waals surface area contributed by atoms with Gasteiger partial charge in [0.25, 0.3) is 0 Å². The molecule has 0 fully saturated rings. The van der Waals surface area contributed by atoms with Gasteiger partial charge < -0.3 is 5.32 Å². The molecule has 0 unspecified atom stereocenters. The molecular formula is C17H19N5O. The molecule has 1 N–H and O–H groups in total. The van der Waals surface area contributed by atoms with Crippen molar-refractivity contribution in [3.8, 4) is 11.1 Å². The zero-order chi connectivity index (χ0) is 16.2. The van der Waals surface area contributed by atoms with Crippen LogP contribution in [-0.4, -0.2) is 25.5 Å². The molecule has 6 heteroatoms. The zero-order valence-corrected chi connectivity index (χ0v) is 13.2. The van der Waals surface area contributed by atoms with E-state index in [0.717, 1.165) is 17.7 Å². The van der Waals surface area contributed by atoms with E-state index in [-0.39, 0.29) is 5.91 Å². The molecule has 0 radical (unpaired) electrons. The van der Waals surface area contributed by atoms with Crippen molar-refractivity contribution in [2.45, 2.75) is 26.4 Å². The number of hydrogen-bond acceptors (Lipinski definition) is 3. The van der Waals surface area contributed by atoms with Crippen LogP contribution in [0.15, 0.2) is 55.0 Å². The van der Waals surface area contributed by atoms with Gasteiger partial charge in [-0.2, -0.15) is 10.2 Å². The minimum atomic E-state index is -0.417. The number of nitrogens with zero attached hydrogens (tertiary/aromatic N) is 4. The van der Waals surface area contributed by atoms with Gasteiger partial charge in [-0.1, -0.05) is 30.3 Å². The minimum Gasteiger partial charge on any atom is -0.307 e. The number of hydrogen-bond donors (Lipinski definition) is 1. The van der Waals surface area contributed by atoms with Gasteiger partial charge in [-0.25, -0.2) is 0 Å². The fraction of sp³-hybridized carbons (Fsp3) is 0.235. The lowest BCUT2D eigenvalue weighted by Gasteiger charge is -2.11. The number of nitrogens with one attached hydrogen (secondary N) is 1. The highest BCUT2D eigenvalue weighted by molar-refractivity contribution is 5.92. The van der Waals surface area contributed by atoms with E-state index in [1.54, 1.807) is 21.6 Å². The first-order valence-corrected chi connectivity index (χ1v) is 7.61. The highest BCUT2D eigenvalue weighted by Gasteiger charge is 2.17. The second-order valence-corrected chi connectivity index (χ2v) is 5.30. The number of aryl methyl sites for hydroxylation is 1. The average Bonchev–Trinajstić information content (AvgIpc) is 3.24. The maximum Gasteiger partial charge on any atom is 0.250 e. The second kappa shape index (κ2) is 6.48. The summed E-state index contributed by atoms with van der Waals surface area (Å²) in [6.45, 7) is 4.58. The van der Waals surface area contributed by atoms with E-state index in [9.17, 15) is 4.79 Å². The Labute approximate surface area is 134 Å². The van der Waals surface area contributed by atoms with Gasteiger partial charge >= 0.3 is 0 Å². The predicted molar refractivity (Wildman–Crippen MR) is 88.9 cm³/mol. The van der Waals surface area contributed by atoms with Gasteiger partial charge in [-0.05, 0) is 19.4 Å². The topological polar surface area (TPSA) is 64.7 Å². The molecule has 0 saturated heterocycles. The van der Waals surface area contributed by atoms with Crippen molar-refractivity contribution in [2.24, 2.45) is 0 Å². The summed E-state index contributed by atoms with van der Waals surface area (Å²) in [6, 6.07) is 11.3. The summed E-state index contributed by atoms with van der Waals surface area (Å²) < 4.78 is 3.43. The Hall–Kier alpha value is -2.89. The first kappa shape index (κ1) is 15.0. The number of benzene rings is 1. The summed E-state index contributed by atoms with van der Waals surface area (Å²) >= 11 is 0. The molecule has 2 aromatic heterocycles. The van der Waals surface area contributed by atoms with Crippen molar-refractivity contribution in [3.63, 3.8) is 0 Å². The molecule has 1 atom stereocenters. The van der Waals surface area contributed by atoms with Crippen molar-refractivity contribution in [2.75, 3.05) is 5.32 Å². The van der Waals surface area contributed by atoms with Crippen molar-refractivity contribution in [1.29, 1.82) is 0 Å². The normalized spacial score (nSPS) is 12.1. The first-order chi connectivity index (χ1) is 11.2. The monoisotopic (exact) mass is 309 g/mol. The molecule has 3 aromatic rings. The third kappa shape index (κ3) is 3.31. The number of carbonyl (C=O) groups excluding carboxylic acids is 1. The first-order valence-electron chi connectivity index (χ1n) is 7.61. The minimum absolute atomic E-state index is 0.144. The fourth-order valence-electron chi connectivity index (χ4n) is 2.28. The van der Waals surface area contributed by atoms with Gasteiger partial charge in [0.15, 0.2) is 5.82 Å². The van der Waals surface area contributed by atoms with E-state index in [0.29, 0.717) is 5.82 Å². The molecule has 118 valence electrons. The average molecular weight is 309 g/mol. The molecular weight excluding hydrogens is 290 g/mol. The van der Waals surface area contributed by atoms with Gasteiger partial charge in [0.05, 0.1) is 6.20 Å². The summed E-state index contributed by atoms with van der Waals surface area (Å²) in [5.41, 5.74) is 2.06. The third-order valence-electron chi connectivity index (χ3n) is 3.70. The van der Waals surface area contributed by atoms with Crippen molar-refractivity contribution >= 4 is 11.7 Å². The zero-order valence-electron chi connectivity index (χ0n) is 13.2. The third-order valence-corrected chi connectivity index (χ3v) is 3.70. The quantitative estimate of drug-likeness (QED) is 0.788. The lowest BCUT2D eigenvalue weighted by atomic mass is 10.1. The number of amides is 1. The highest BCUT2D eigenvalue weighted by atomic mass is 16.2. The van der Waals surface area contributed by atoms with Gasteiger partial charge in [-0.3, -0.25) is 14.2 Å². The molecule has 2 heterocycles. The van der Waals surface area contributed by atoms with Crippen LogP contribution in [0.5, 0.6) is 0 Å². The van der Waals surface area contributed by atoms with Crippen LogP contribution in [0.2, 0.25) is 0 Å². The van der Waals surface area contributed by atoms with Crippen LogP contribution in [0.25, 0.3) is 11.1 Å². The van der Waals surface area contributed by atoms with E-state index >= 15 is 0 Å². The molecule has 1 amide bonds. The SMILES string of the molecule is CCn1ccc(NC(=O)[C@@H](C)n2cc(-c3ccccc3)cn2)n1. The molecule has 1 aromatic carbocycles. The van der Waals surface area contributed by atoms with Crippen LogP contribution in [-0.2, 0) is 11.3 Å². The molecule has 3 rings (SSSR count). The largest absolute Gasteiger partial charge is 0.307 e. The molecule has 0 aliphatic carbocycles. The van der Waals surface area contributed by atoms with E-state index in [4.69, 9.17) is 0 Å². The van der Waals surface area contributed by atoms with E-state index < -0.39 is 6.04 Å². The Morgan fingerprint density at radius 1 is 1.22 bits per heavy atom. The Morgan fingerprint density at radius 3 is 2.70 bits per heavy atom. The van der Waals surface area contributed by atoms with Crippen LogP contribution in [0.4, 0.5) is 5.82 Å². The van der Waals surface area contributed by atoms with E-state index in [1.807, 2.05) is 56.6 Å². The number of aromatic nitrogens is 4. The van der Waals surface area contributed by atoms with Crippen molar-refractivity contribution in [1.82, 2.24) is 19.6 Å². The van der Waals surface area contributed by atoms with Crippen LogP contribution in [0, 0.1) is 0 Å². The lowest BCUT2D eigenvalue weighted by molar-refractivity contribution is -0.119. The summed E-state index contributed by atoms with van der Waals surface area (Å²) in [6.07, 6.45) is 5.48. The van der Waals surface area contributed by atoms with Gasteiger partial charge in [-0.15, -0.1) is 0 Å². The van der Waals surface area contributed by atoms with E-state index in [2.05, 4.69) is 15.5 Å². The lowest BCUT2D eigenvalue weighted by Crippen LogP contribution is -2.24. The maximum atomic E-state index is 12.3. The predicted octanol–water partition coefficient (Wildman–Crippen LogP) is 2.97. The van der Waals surface area contributed by atoms with Gasteiger partial charge in [0.1, 0.15) is 6.04 Å². The maximum absolute atomic E-state index is 12.3. The molecule has 6 nitrogen and oxygen atoms in total. The van der Waals surface area contributed by atoms with Crippen LogP contribution in [0.3, 0.4) is 0 Å². The second-order valence-electron chi connectivity index (χ2n) is 5.30. The molecule has 0 saturated carbocycles. The fourth-order valence-corrected chi connectivity index (χ4v) is 2.28. The van der Waals surface area contributed by atoms with Crippen molar-refractivity contribution < 1.29 is 4.79 Å². The molecule has 0 spiro atoms. The summed E-state index contributed by atoms with van der Waals surface area (Å²) in [5.74, 6) is 0.410. The summed E-state index contributed by atoms with van der Waals surface area (Å²) in [5, 5.41) is 11.4. The molecule has 0 bridgehead atoms. The standard InChI is InChI=1S/C17H19N5O/c1-3-21-10-9-16(20-21)19-17(23)13(2)22-12-15(11-18-22)14-7-5-4-6-8-14/h4-13H,3H2,1-2H3,(H,19,20,23)/t13-/m1/s1. The van der Waals surface area contributed by atoms with E-state index in [1.165, 1.54) is 0 Å². The summed E-state index contributed by atoms with van der Waals surface area (Å²) in [7, 11) is 0. The van der Waals surface area contributed by atoms with Crippen LogP contribution in [0.1, 0.15) is 19.9 Å². The molecule has 0 aliphatic heterocycles. The number of anilines is 1. The van der Waals surface area contributed by atoms with Crippen LogP contribution >= 0.6 is 0 Å². The molecule has 0 aliphatic rings. The van der Waals surface area contributed by atoms with Crippen molar-refractivity contribution in [3.05, 3.63) is 55.0 Å². The smallest absolute Gasteiger partial charge is 0.250 e. The van der Waals surface area contributed by atoms with Gasteiger partial charge in [0.2, 0.25) is 5.91 Å². The molecule has 23 heavy (non-hydrogen) atoms. The Kier molecular flexibility index (Phi) is 4.23. The van der Waals surface area contributed by atoms with Gasteiger partial charge in [0, 0.05) is 30.6 Å². The number of rotatable bonds is 5. The summed E-state index contributed by atoms with van der Waals surface area (Å²) in [4.78, 5) is 12.3. The van der Waals surface area contributed by atoms with Crippen LogP contribution < -0.4 is 5.32 Å². The Balaban J connectivity index is 1.71. The Bertz CT molecular complexity index is 790. The number of carbonyl (C=O) groups is 1.